The maximum absolute atomic E-state index is 11.8. The molecule has 0 radical (unpaired) electrons. The molecule has 0 aliphatic rings. The summed E-state index contributed by atoms with van der Waals surface area (Å²) < 4.78 is 22.2. The fraction of sp³-hybridized carbons (Fsp3) is 0.143. The summed E-state index contributed by atoms with van der Waals surface area (Å²) in [5.74, 6) is 0.258. The Morgan fingerprint density at radius 2 is 1.26 bits per heavy atom. The predicted octanol–water partition coefficient (Wildman–Crippen LogP) is 5.23. The zero-order valence-corrected chi connectivity index (χ0v) is 18.7. The van der Waals surface area contributed by atoms with Gasteiger partial charge in [0.2, 0.25) is 0 Å². The van der Waals surface area contributed by atoms with Gasteiger partial charge in [-0.1, -0.05) is 54.6 Å². The molecule has 0 heterocycles. The van der Waals surface area contributed by atoms with Crippen LogP contribution in [0.2, 0.25) is 0 Å². The fourth-order valence-electron chi connectivity index (χ4n) is 3.38. The molecule has 0 atom stereocenters. The lowest BCUT2D eigenvalue weighted by molar-refractivity contribution is -0.135. The van der Waals surface area contributed by atoms with E-state index in [-0.39, 0.29) is 12.2 Å². The molecule has 0 N–H and O–H groups in total. The van der Waals surface area contributed by atoms with Crippen LogP contribution in [0.15, 0.2) is 91.0 Å². The molecule has 6 nitrogen and oxygen atoms in total. The van der Waals surface area contributed by atoms with Gasteiger partial charge in [-0.2, -0.15) is 0 Å². The summed E-state index contributed by atoms with van der Waals surface area (Å²) in [7, 11) is 1.17. The van der Waals surface area contributed by atoms with Crippen molar-refractivity contribution in [3.8, 4) is 17.2 Å². The number of rotatable bonds is 10. The van der Waals surface area contributed by atoms with Crippen molar-refractivity contribution < 1.29 is 28.5 Å². The normalized spacial score (nSPS) is 10.5. The second-order valence-electron chi connectivity index (χ2n) is 7.46. The number of fused-ring (bicyclic) bond motifs is 1. The van der Waals surface area contributed by atoms with Gasteiger partial charge in [0, 0.05) is 5.56 Å². The number of benzene rings is 4. The minimum atomic E-state index is -0.900. The maximum Gasteiger partial charge on any atom is 0.379 e. The van der Waals surface area contributed by atoms with E-state index in [2.05, 4.69) is 4.74 Å². The van der Waals surface area contributed by atoms with Gasteiger partial charge < -0.3 is 18.9 Å². The highest BCUT2D eigenvalue weighted by Gasteiger charge is 2.16. The first-order valence-corrected chi connectivity index (χ1v) is 10.8. The van der Waals surface area contributed by atoms with Crippen molar-refractivity contribution >= 4 is 22.5 Å². The topological polar surface area (TPSA) is 71.1 Å². The summed E-state index contributed by atoms with van der Waals surface area (Å²) in [6.07, 6.45) is 0. The van der Waals surface area contributed by atoms with E-state index in [0.717, 1.165) is 16.3 Å². The highest BCUT2D eigenvalue weighted by atomic mass is 16.5. The SMILES string of the molecule is COC(=O)C(=O)c1ccc(OCCOc2cc3ccccc3cc2OCc2ccccc2)cc1. The average molecular weight is 456 g/mol. The zero-order chi connectivity index (χ0) is 23.8. The van der Waals surface area contributed by atoms with Crippen molar-refractivity contribution in [1.82, 2.24) is 0 Å². The number of hydrogen-bond donors (Lipinski definition) is 0. The average Bonchev–Trinajstić information content (AvgIpc) is 2.89. The summed E-state index contributed by atoms with van der Waals surface area (Å²) in [5, 5.41) is 2.12. The number of Topliss-reactive ketones (excluding diaryl/α,β-unsaturated/α-hetero) is 1. The standard InChI is InChI=1S/C28H24O6/c1-31-28(30)27(29)21-11-13-24(14-12-21)32-15-16-33-25-17-22-9-5-6-10-23(22)18-26(25)34-19-20-7-3-2-4-8-20/h2-14,17-18H,15-16,19H2,1H3. The Morgan fingerprint density at radius 1 is 0.676 bits per heavy atom. The van der Waals surface area contributed by atoms with Crippen LogP contribution in [0.3, 0.4) is 0 Å². The van der Waals surface area contributed by atoms with E-state index >= 15 is 0 Å². The largest absolute Gasteiger partial charge is 0.490 e. The molecule has 6 heteroatoms. The van der Waals surface area contributed by atoms with E-state index < -0.39 is 11.8 Å². The molecular weight excluding hydrogens is 432 g/mol. The Bertz CT molecular complexity index is 1270. The number of methoxy groups -OCH3 is 1. The maximum atomic E-state index is 11.8. The summed E-state index contributed by atoms with van der Waals surface area (Å²) >= 11 is 0. The molecule has 0 fully saturated rings. The first-order chi connectivity index (χ1) is 16.6. The van der Waals surface area contributed by atoms with Crippen LogP contribution in [-0.4, -0.2) is 32.1 Å². The number of carbonyl (C=O) groups excluding carboxylic acids is 2. The van der Waals surface area contributed by atoms with Gasteiger partial charge in [-0.05, 0) is 52.7 Å². The monoisotopic (exact) mass is 456 g/mol. The summed E-state index contributed by atoms with van der Waals surface area (Å²) in [4.78, 5) is 23.2. The molecule has 0 saturated carbocycles. The smallest absolute Gasteiger partial charge is 0.379 e. The van der Waals surface area contributed by atoms with Gasteiger partial charge in [-0.15, -0.1) is 0 Å². The Kier molecular flexibility index (Phi) is 7.40. The molecule has 172 valence electrons. The summed E-state index contributed by atoms with van der Waals surface area (Å²) in [5.41, 5.74) is 1.31. The van der Waals surface area contributed by atoms with Crippen LogP contribution in [0.5, 0.6) is 17.2 Å². The third-order valence-corrected chi connectivity index (χ3v) is 5.15. The van der Waals surface area contributed by atoms with Gasteiger partial charge in [-0.3, -0.25) is 4.79 Å². The third kappa shape index (κ3) is 5.72. The molecule has 4 rings (SSSR count). The molecule has 0 unspecified atom stereocenters. The minimum absolute atomic E-state index is 0.242. The van der Waals surface area contributed by atoms with E-state index in [1.165, 1.54) is 19.2 Å². The Balaban J connectivity index is 1.38. The molecule has 0 aromatic heterocycles. The molecule has 34 heavy (non-hydrogen) atoms. The lowest BCUT2D eigenvalue weighted by Gasteiger charge is -2.15. The van der Waals surface area contributed by atoms with Crippen molar-refractivity contribution in [2.24, 2.45) is 0 Å². The lowest BCUT2D eigenvalue weighted by Crippen LogP contribution is -2.15. The summed E-state index contributed by atoms with van der Waals surface area (Å²) in [6.45, 7) is 1.01. The van der Waals surface area contributed by atoms with E-state index in [1.807, 2.05) is 66.7 Å². The van der Waals surface area contributed by atoms with Crippen LogP contribution in [-0.2, 0) is 16.1 Å². The molecular formula is C28H24O6. The van der Waals surface area contributed by atoms with E-state index in [0.29, 0.717) is 30.5 Å². The fourth-order valence-corrected chi connectivity index (χ4v) is 3.38. The number of ether oxygens (including phenoxy) is 4. The number of hydrogen-bond acceptors (Lipinski definition) is 6. The van der Waals surface area contributed by atoms with Gasteiger partial charge in [0.15, 0.2) is 11.5 Å². The van der Waals surface area contributed by atoms with Gasteiger partial charge >= 0.3 is 5.97 Å². The Hall–Kier alpha value is -4.32. The predicted molar refractivity (Wildman–Crippen MR) is 129 cm³/mol. The second kappa shape index (κ2) is 11.0. The highest BCUT2D eigenvalue weighted by Crippen LogP contribution is 2.33. The minimum Gasteiger partial charge on any atom is -0.490 e. The van der Waals surface area contributed by atoms with E-state index in [1.54, 1.807) is 12.1 Å². The number of ketones is 1. The van der Waals surface area contributed by atoms with Crippen molar-refractivity contribution in [2.45, 2.75) is 6.61 Å². The molecule has 0 spiro atoms. The zero-order valence-electron chi connectivity index (χ0n) is 18.7. The van der Waals surface area contributed by atoms with Crippen LogP contribution >= 0.6 is 0 Å². The first-order valence-electron chi connectivity index (χ1n) is 10.8. The quantitative estimate of drug-likeness (QED) is 0.141. The van der Waals surface area contributed by atoms with Gasteiger partial charge in [0.25, 0.3) is 5.78 Å². The Labute approximate surface area is 197 Å². The van der Waals surface area contributed by atoms with Crippen LogP contribution in [0.4, 0.5) is 0 Å². The van der Waals surface area contributed by atoms with Crippen LogP contribution < -0.4 is 14.2 Å². The van der Waals surface area contributed by atoms with Crippen LogP contribution in [0.25, 0.3) is 10.8 Å². The molecule has 0 aliphatic heterocycles. The van der Waals surface area contributed by atoms with Crippen molar-refractivity contribution in [3.05, 3.63) is 102 Å². The van der Waals surface area contributed by atoms with E-state index in [4.69, 9.17) is 14.2 Å². The molecule has 0 aliphatic carbocycles. The molecule has 0 amide bonds. The molecule has 4 aromatic carbocycles. The Morgan fingerprint density at radius 3 is 1.91 bits per heavy atom. The van der Waals surface area contributed by atoms with Crippen LogP contribution in [0, 0.1) is 0 Å². The van der Waals surface area contributed by atoms with Crippen LogP contribution in [0.1, 0.15) is 15.9 Å². The number of esters is 1. The van der Waals surface area contributed by atoms with Crippen molar-refractivity contribution in [3.63, 3.8) is 0 Å². The van der Waals surface area contributed by atoms with Crippen molar-refractivity contribution in [1.29, 1.82) is 0 Å². The first kappa shape index (κ1) is 22.9. The second-order valence-corrected chi connectivity index (χ2v) is 7.46. The number of carbonyl (C=O) groups is 2. The molecule has 0 saturated heterocycles. The van der Waals surface area contributed by atoms with Gasteiger partial charge in [-0.25, -0.2) is 4.79 Å². The van der Waals surface area contributed by atoms with Gasteiger partial charge in [0.1, 0.15) is 25.6 Å². The van der Waals surface area contributed by atoms with E-state index in [9.17, 15) is 9.59 Å². The third-order valence-electron chi connectivity index (χ3n) is 5.15. The van der Waals surface area contributed by atoms with Gasteiger partial charge in [0.05, 0.1) is 7.11 Å². The highest BCUT2D eigenvalue weighted by molar-refractivity contribution is 6.40. The molecule has 4 aromatic rings. The molecule has 0 bridgehead atoms. The van der Waals surface area contributed by atoms with Crippen molar-refractivity contribution in [2.75, 3.05) is 20.3 Å². The lowest BCUT2D eigenvalue weighted by atomic mass is 10.1. The summed E-state index contributed by atoms with van der Waals surface area (Å²) in [6, 6.07) is 28.2.